The Balaban J connectivity index is 1.77. The maximum Gasteiger partial charge on any atom is 0.335 e. The van der Waals surface area contributed by atoms with Crippen molar-refractivity contribution >= 4 is 28.5 Å². The van der Waals surface area contributed by atoms with Crippen LogP contribution >= 0.6 is 0 Å². The minimum absolute atomic E-state index is 0.242. The monoisotopic (exact) mass is 405 g/mol. The zero-order valence-corrected chi connectivity index (χ0v) is 16.6. The average molecular weight is 405 g/mol. The van der Waals surface area contributed by atoms with Crippen molar-refractivity contribution in [2.24, 2.45) is 0 Å². The van der Waals surface area contributed by atoms with E-state index in [2.05, 4.69) is 25.5 Å². The van der Waals surface area contributed by atoms with E-state index < -0.39 is 5.97 Å². The molecule has 0 aliphatic heterocycles. The lowest BCUT2D eigenvalue weighted by Gasteiger charge is -2.12. The first kappa shape index (κ1) is 19.2. The minimum Gasteiger partial charge on any atom is -0.493 e. The van der Waals surface area contributed by atoms with Gasteiger partial charge in [0.1, 0.15) is 11.0 Å². The van der Waals surface area contributed by atoms with E-state index in [1.807, 2.05) is 6.07 Å². The Morgan fingerprint density at radius 2 is 1.87 bits per heavy atom. The average Bonchev–Trinajstić information content (AvgIpc) is 3.22. The van der Waals surface area contributed by atoms with Gasteiger partial charge in [0.05, 0.1) is 26.0 Å². The van der Waals surface area contributed by atoms with Gasteiger partial charge in [0.15, 0.2) is 23.1 Å². The number of aryl methyl sites for hydroxylation is 1. The standard InChI is InChI=1S/C21H19N5O4/c1-11-8-12(4-6-14(11)21(27)28)19-24-15-10-22-26-18(15)20(25-19)23-13-5-7-16(29-2)17(9-13)30-3/h4-10H,1-3H3,(H,22,26)(H,27,28)(H,23,24,25). The Hall–Kier alpha value is -4.14. The molecule has 2 heterocycles. The highest BCUT2D eigenvalue weighted by atomic mass is 16.5. The molecule has 0 fully saturated rings. The third kappa shape index (κ3) is 3.48. The lowest BCUT2D eigenvalue weighted by atomic mass is 10.0. The molecular formula is C21H19N5O4. The van der Waals surface area contributed by atoms with Crippen LogP contribution in [0.3, 0.4) is 0 Å². The van der Waals surface area contributed by atoms with E-state index in [1.165, 1.54) is 0 Å². The normalized spacial score (nSPS) is 10.8. The van der Waals surface area contributed by atoms with Crippen molar-refractivity contribution in [3.8, 4) is 22.9 Å². The topological polar surface area (TPSA) is 122 Å². The number of aromatic nitrogens is 4. The van der Waals surface area contributed by atoms with Crippen molar-refractivity contribution in [3.05, 3.63) is 53.7 Å². The number of hydrogen-bond acceptors (Lipinski definition) is 7. The predicted octanol–water partition coefficient (Wildman–Crippen LogP) is 3.79. The van der Waals surface area contributed by atoms with Crippen LogP contribution < -0.4 is 14.8 Å². The van der Waals surface area contributed by atoms with Crippen molar-refractivity contribution in [2.75, 3.05) is 19.5 Å². The Labute approximate surface area is 171 Å². The molecular weight excluding hydrogens is 386 g/mol. The molecule has 9 heteroatoms. The molecule has 0 saturated carbocycles. The molecule has 0 bridgehead atoms. The molecule has 9 nitrogen and oxygen atoms in total. The first-order valence-electron chi connectivity index (χ1n) is 9.04. The molecule has 2 aromatic heterocycles. The van der Waals surface area contributed by atoms with Gasteiger partial charge in [0.25, 0.3) is 0 Å². The van der Waals surface area contributed by atoms with E-state index in [-0.39, 0.29) is 5.56 Å². The van der Waals surface area contributed by atoms with Crippen molar-refractivity contribution in [1.29, 1.82) is 0 Å². The Kier molecular flexibility index (Phi) is 4.93. The summed E-state index contributed by atoms with van der Waals surface area (Å²) in [5, 5.41) is 19.5. The van der Waals surface area contributed by atoms with E-state index in [9.17, 15) is 9.90 Å². The summed E-state index contributed by atoms with van der Waals surface area (Å²) in [5.41, 5.74) is 3.59. The Morgan fingerprint density at radius 3 is 2.57 bits per heavy atom. The number of aromatic amines is 1. The first-order valence-corrected chi connectivity index (χ1v) is 9.04. The summed E-state index contributed by atoms with van der Waals surface area (Å²) < 4.78 is 10.6. The number of methoxy groups -OCH3 is 2. The Bertz CT molecular complexity index is 1250. The summed E-state index contributed by atoms with van der Waals surface area (Å²) in [6, 6.07) is 10.4. The minimum atomic E-state index is -0.971. The molecule has 0 spiro atoms. The van der Waals surface area contributed by atoms with Gasteiger partial charge in [-0.15, -0.1) is 0 Å². The number of rotatable bonds is 6. The number of H-pyrrole nitrogens is 1. The molecule has 0 saturated heterocycles. The SMILES string of the molecule is COc1ccc(Nc2nc(-c3ccc(C(=O)O)c(C)c3)nc3cn[nH]c23)cc1OC. The number of carboxylic acid groups (broad SMARTS) is 1. The van der Waals surface area contributed by atoms with Gasteiger partial charge in [0.2, 0.25) is 0 Å². The van der Waals surface area contributed by atoms with Crippen LogP contribution in [0.4, 0.5) is 11.5 Å². The van der Waals surface area contributed by atoms with Crippen molar-refractivity contribution in [2.45, 2.75) is 6.92 Å². The van der Waals surface area contributed by atoms with Crippen LogP contribution in [0.5, 0.6) is 11.5 Å². The lowest BCUT2D eigenvalue weighted by molar-refractivity contribution is 0.0696. The fourth-order valence-electron chi connectivity index (χ4n) is 3.15. The number of carbonyl (C=O) groups is 1. The molecule has 3 N–H and O–H groups in total. The van der Waals surface area contributed by atoms with Gasteiger partial charge in [-0.25, -0.2) is 14.8 Å². The summed E-state index contributed by atoms with van der Waals surface area (Å²) >= 11 is 0. The number of anilines is 2. The summed E-state index contributed by atoms with van der Waals surface area (Å²) in [6.45, 7) is 1.74. The van der Waals surface area contributed by atoms with E-state index >= 15 is 0 Å². The van der Waals surface area contributed by atoms with Gasteiger partial charge in [-0.2, -0.15) is 5.10 Å². The number of carboxylic acids is 1. The molecule has 0 aliphatic rings. The highest BCUT2D eigenvalue weighted by molar-refractivity contribution is 5.91. The quantitative estimate of drug-likeness (QED) is 0.443. The number of ether oxygens (including phenoxy) is 2. The van der Waals surface area contributed by atoms with Crippen LogP contribution in [-0.2, 0) is 0 Å². The van der Waals surface area contributed by atoms with Gasteiger partial charge in [-0.05, 0) is 36.8 Å². The van der Waals surface area contributed by atoms with Gasteiger partial charge in [-0.1, -0.05) is 6.07 Å². The predicted molar refractivity (Wildman–Crippen MR) is 112 cm³/mol. The molecule has 4 rings (SSSR count). The second-order valence-corrected chi connectivity index (χ2v) is 6.56. The fraction of sp³-hybridized carbons (Fsp3) is 0.143. The lowest BCUT2D eigenvalue weighted by Crippen LogP contribution is -2.02. The van der Waals surface area contributed by atoms with Crippen LogP contribution in [0.15, 0.2) is 42.6 Å². The molecule has 2 aromatic carbocycles. The summed E-state index contributed by atoms with van der Waals surface area (Å²) in [5.74, 6) is 1.21. The highest BCUT2D eigenvalue weighted by Crippen LogP contribution is 2.32. The van der Waals surface area contributed by atoms with Crippen molar-refractivity contribution < 1.29 is 19.4 Å². The number of fused-ring (bicyclic) bond motifs is 1. The second kappa shape index (κ2) is 7.70. The van der Waals surface area contributed by atoms with Crippen LogP contribution in [0.1, 0.15) is 15.9 Å². The van der Waals surface area contributed by atoms with E-state index in [4.69, 9.17) is 9.47 Å². The van der Waals surface area contributed by atoms with Crippen LogP contribution in [0.25, 0.3) is 22.4 Å². The first-order chi connectivity index (χ1) is 14.5. The maximum atomic E-state index is 11.3. The fourth-order valence-corrected chi connectivity index (χ4v) is 3.15. The molecule has 4 aromatic rings. The molecule has 0 amide bonds. The molecule has 152 valence electrons. The van der Waals surface area contributed by atoms with Gasteiger partial charge in [-0.3, -0.25) is 5.10 Å². The van der Waals surface area contributed by atoms with Gasteiger partial charge < -0.3 is 19.9 Å². The maximum absolute atomic E-state index is 11.3. The second-order valence-electron chi connectivity index (χ2n) is 6.56. The Morgan fingerprint density at radius 1 is 1.07 bits per heavy atom. The van der Waals surface area contributed by atoms with E-state index in [0.717, 1.165) is 5.69 Å². The van der Waals surface area contributed by atoms with Crippen LogP contribution in [0, 0.1) is 6.92 Å². The molecule has 0 unspecified atom stereocenters. The zero-order chi connectivity index (χ0) is 21.3. The van der Waals surface area contributed by atoms with Crippen molar-refractivity contribution in [3.63, 3.8) is 0 Å². The molecule has 0 atom stereocenters. The van der Waals surface area contributed by atoms with E-state index in [1.54, 1.807) is 57.7 Å². The highest BCUT2D eigenvalue weighted by Gasteiger charge is 2.15. The van der Waals surface area contributed by atoms with Gasteiger partial charge >= 0.3 is 5.97 Å². The summed E-state index contributed by atoms with van der Waals surface area (Å²) in [7, 11) is 3.15. The number of hydrogen-bond donors (Lipinski definition) is 3. The zero-order valence-electron chi connectivity index (χ0n) is 16.6. The van der Waals surface area contributed by atoms with Gasteiger partial charge in [0, 0.05) is 17.3 Å². The van der Waals surface area contributed by atoms with Crippen molar-refractivity contribution in [1.82, 2.24) is 20.2 Å². The summed E-state index contributed by atoms with van der Waals surface area (Å²) in [4.78, 5) is 20.5. The number of nitrogens with zero attached hydrogens (tertiary/aromatic N) is 3. The molecule has 0 radical (unpaired) electrons. The smallest absolute Gasteiger partial charge is 0.335 e. The molecule has 0 aliphatic carbocycles. The number of aromatic carboxylic acids is 1. The number of benzene rings is 2. The third-order valence-electron chi connectivity index (χ3n) is 4.66. The van der Waals surface area contributed by atoms with Crippen LogP contribution in [0.2, 0.25) is 0 Å². The number of nitrogens with one attached hydrogen (secondary N) is 2. The summed E-state index contributed by atoms with van der Waals surface area (Å²) in [6.07, 6.45) is 1.61. The third-order valence-corrected chi connectivity index (χ3v) is 4.66. The largest absolute Gasteiger partial charge is 0.493 e. The molecule has 30 heavy (non-hydrogen) atoms. The van der Waals surface area contributed by atoms with Crippen LogP contribution in [-0.4, -0.2) is 45.5 Å². The van der Waals surface area contributed by atoms with E-state index in [0.29, 0.717) is 45.3 Å².